The van der Waals surface area contributed by atoms with Gasteiger partial charge in [-0.25, -0.2) is 17.9 Å². The summed E-state index contributed by atoms with van der Waals surface area (Å²) in [4.78, 5) is 21.9. The number of hydrogen-bond acceptors (Lipinski definition) is 8. The lowest BCUT2D eigenvalue weighted by atomic mass is 10.1. The molecule has 0 unspecified atom stereocenters. The van der Waals surface area contributed by atoms with Gasteiger partial charge in [0.05, 0.1) is 16.4 Å². The van der Waals surface area contributed by atoms with E-state index < -0.39 is 27.0 Å². The van der Waals surface area contributed by atoms with Crippen LogP contribution in [0.5, 0.6) is 5.75 Å². The van der Waals surface area contributed by atoms with E-state index in [9.17, 15) is 23.3 Å². The number of nitro groups is 1. The van der Waals surface area contributed by atoms with E-state index in [1.807, 2.05) is 0 Å². The monoisotopic (exact) mass is 466 g/mol. The second-order valence-electron chi connectivity index (χ2n) is 6.54. The van der Waals surface area contributed by atoms with Crippen LogP contribution < -0.4 is 9.46 Å². The van der Waals surface area contributed by atoms with E-state index in [2.05, 4.69) is 4.72 Å². The van der Waals surface area contributed by atoms with E-state index in [4.69, 9.17) is 14.2 Å². The van der Waals surface area contributed by atoms with Crippen molar-refractivity contribution < 1.29 is 32.3 Å². The van der Waals surface area contributed by atoms with Crippen LogP contribution in [-0.4, -0.2) is 51.8 Å². The van der Waals surface area contributed by atoms with Crippen molar-refractivity contribution in [2.45, 2.75) is 31.3 Å². The third-order valence-corrected chi connectivity index (χ3v) is 5.76. The van der Waals surface area contributed by atoms with Gasteiger partial charge in [0.15, 0.2) is 6.10 Å². The first kappa shape index (κ1) is 25.2. The van der Waals surface area contributed by atoms with E-state index in [1.165, 1.54) is 12.1 Å². The molecule has 11 heteroatoms. The topological polar surface area (TPSA) is 134 Å². The zero-order chi connectivity index (χ0) is 23.6. The van der Waals surface area contributed by atoms with Crippen LogP contribution in [-0.2, 0) is 30.7 Å². The highest BCUT2D eigenvalue weighted by molar-refractivity contribution is 7.89. The molecule has 2 rings (SSSR count). The van der Waals surface area contributed by atoms with E-state index in [-0.39, 0.29) is 30.3 Å². The lowest BCUT2D eigenvalue weighted by Gasteiger charge is -2.16. The molecule has 0 amide bonds. The fourth-order valence-electron chi connectivity index (χ4n) is 2.76. The number of ether oxygens (including phenoxy) is 3. The SMILES string of the molecule is CCOC(=O)[C@@H](Cc1ccc(OCCNS(=O)(=O)c2ccc([N+](=O)[O-])cc2)cc1)OCC. The van der Waals surface area contributed by atoms with E-state index in [0.29, 0.717) is 18.8 Å². The Labute approximate surface area is 186 Å². The molecule has 1 N–H and O–H groups in total. The Bertz CT molecular complexity index is 991. The molecule has 0 aliphatic carbocycles. The minimum absolute atomic E-state index is 0.0103. The van der Waals surface area contributed by atoms with Gasteiger partial charge in [0.1, 0.15) is 12.4 Å². The van der Waals surface area contributed by atoms with Crippen LogP contribution in [0, 0.1) is 10.1 Å². The van der Waals surface area contributed by atoms with Gasteiger partial charge in [0.2, 0.25) is 10.0 Å². The number of nitro benzene ring substituents is 1. The van der Waals surface area contributed by atoms with Crippen molar-refractivity contribution in [2.75, 3.05) is 26.4 Å². The lowest BCUT2D eigenvalue weighted by molar-refractivity contribution is -0.384. The molecule has 1 atom stereocenters. The lowest BCUT2D eigenvalue weighted by Crippen LogP contribution is -2.29. The Morgan fingerprint density at radius 3 is 2.28 bits per heavy atom. The van der Waals surface area contributed by atoms with E-state index in [0.717, 1.165) is 17.7 Å². The maximum atomic E-state index is 12.2. The zero-order valence-electron chi connectivity index (χ0n) is 17.9. The summed E-state index contributed by atoms with van der Waals surface area (Å²) >= 11 is 0. The van der Waals surface area contributed by atoms with Crippen molar-refractivity contribution in [1.29, 1.82) is 0 Å². The molecule has 0 saturated carbocycles. The first-order valence-corrected chi connectivity index (χ1v) is 11.5. The van der Waals surface area contributed by atoms with Crippen LogP contribution >= 0.6 is 0 Å². The highest BCUT2D eigenvalue weighted by atomic mass is 32.2. The minimum Gasteiger partial charge on any atom is -0.492 e. The van der Waals surface area contributed by atoms with Crippen LogP contribution in [0.2, 0.25) is 0 Å². The van der Waals surface area contributed by atoms with Gasteiger partial charge in [-0.1, -0.05) is 12.1 Å². The summed E-state index contributed by atoms with van der Waals surface area (Å²) in [5.74, 6) is 0.127. The number of carbonyl (C=O) groups excluding carboxylic acids is 1. The van der Waals surface area contributed by atoms with Crippen LogP contribution in [0.3, 0.4) is 0 Å². The Morgan fingerprint density at radius 1 is 1.06 bits per heavy atom. The Balaban J connectivity index is 1.84. The number of non-ortho nitro benzene ring substituents is 1. The first-order valence-electron chi connectivity index (χ1n) is 10.0. The number of hydrogen-bond donors (Lipinski definition) is 1. The van der Waals surface area contributed by atoms with Crippen molar-refractivity contribution in [2.24, 2.45) is 0 Å². The van der Waals surface area contributed by atoms with Crippen molar-refractivity contribution >= 4 is 21.7 Å². The molecule has 10 nitrogen and oxygen atoms in total. The molecule has 0 aliphatic heterocycles. The van der Waals surface area contributed by atoms with Gasteiger partial charge in [0.25, 0.3) is 5.69 Å². The Hall–Kier alpha value is -3.02. The van der Waals surface area contributed by atoms with Gasteiger partial charge in [-0.3, -0.25) is 10.1 Å². The molecular formula is C21H26N2O8S. The van der Waals surface area contributed by atoms with Gasteiger partial charge in [-0.05, 0) is 43.7 Å². The van der Waals surface area contributed by atoms with E-state index in [1.54, 1.807) is 38.1 Å². The maximum absolute atomic E-state index is 12.2. The fourth-order valence-corrected chi connectivity index (χ4v) is 3.77. The molecule has 0 aliphatic rings. The number of benzene rings is 2. The molecule has 174 valence electrons. The summed E-state index contributed by atoms with van der Waals surface area (Å²) < 4.78 is 42.9. The predicted octanol–water partition coefficient (Wildman–Crippen LogP) is 2.46. The second-order valence-corrected chi connectivity index (χ2v) is 8.31. The summed E-state index contributed by atoms with van der Waals surface area (Å²) in [5.41, 5.74) is 0.674. The van der Waals surface area contributed by atoms with Gasteiger partial charge >= 0.3 is 5.97 Å². The number of esters is 1. The highest BCUT2D eigenvalue weighted by Crippen LogP contribution is 2.17. The summed E-state index contributed by atoms with van der Waals surface area (Å²) in [7, 11) is -3.81. The molecule has 32 heavy (non-hydrogen) atoms. The van der Waals surface area contributed by atoms with E-state index >= 15 is 0 Å². The standard InChI is InChI=1S/C21H26N2O8S/c1-3-29-20(21(24)30-4-2)15-16-5-9-18(10-6-16)31-14-13-22-32(27,28)19-11-7-17(8-12-19)23(25)26/h5-12,20,22H,3-4,13-15H2,1-2H3/t20-/m1/s1. The molecular weight excluding hydrogens is 440 g/mol. The summed E-state index contributed by atoms with van der Waals surface area (Å²) in [6, 6.07) is 11.6. The third kappa shape index (κ3) is 7.59. The van der Waals surface area contributed by atoms with Gasteiger partial charge in [0, 0.05) is 31.7 Å². The number of rotatable bonds is 13. The van der Waals surface area contributed by atoms with Crippen molar-refractivity contribution in [1.82, 2.24) is 4.72 Å². The first-order chi connectivity index (χ1) is 15.3. The normalized spacial score (nSPS) is 12.2. The largest absolute Gasteiger partial charge is 0.492 e. The Kier molecular flexibility index (Phi) is 9.57. The summed E-state index contributed by atoms with van der Waals surface area (Å²) in [5, 5.41) is 10.7. The quantitative estimate of drug-likeness (QED) is 0.206. The van der Waals surface area contributed by atoms with Gasteiger partial charge in [-0.15, -0.1) is 0 Å². The molecule has 2 aromatic rings. The Morgan fingerprint density at radius 2 is 1.72 bits per heavy atom. The number of nitrogens with one attached hydrogen (secondary N) is 1. The van der Waals surface area contributed by atoms with Crippen LogP contribution in [0.4, 0.5) is 5.69 Å². The van der Waals surface area contributed by atoms with Gasteiger partial charge in [-0.2, -0.15) is 0 Å². The second kappa shape index (κ2) is 12.1. The smallest absolute Gasteiger partial charge is 0.335 e. The highest BCUT2D eigenvalue weighted by Gasteiger charge is 2.20. The zero-order valence-corrected chi connectivity index (χ0v) is 18.7. The summed E-state index contributed by atoms with van der Waals surface area (Å²) in [6.07, 6.45) is -0.317. The molecule has 0 bridgehead atoms. The van der Waals surface area contributed by atoms with Crippen molar-refractivity contribution in [3.05, 3.63) is 64.2 Å². The maximum Gasteiger partial charge on any atom is 0.335 e. The molecule has 0 radical (unpaired) electrons. The van der Waals surface area contributed by atoms with Gasteiger partial charge < -0.3 is 14.2 Å². The summed E-state index contributed by atoms with van der Waals surface area (Å²) in [6.45, 7) is 4.30. The molecule has 0 aromatic heterocycles. The molecule has 0 spiro atoms. The molecule has 0 heterocycles. The van der Waals surface area contributed by atoms with Crippen molar-refractivity contribution in [3.63, 3.8) is 0 Å². The van der Waals surface area contributed by atoms with Crippen molar-refractivity contribution in [3.8, 4) is 5.75 Å². The minimum atomic E-state index is -3.81. The fraction of sp³-hybridized carbons (Fsp3) is 0.381. The average molecular weight is 467 g/mol. The third-order valence-electron chi connectivity index (χ3n) is 4.28. The molecule has 2 aromatic carbocycles. The van der Waals surface area contributed by atoms with Crippen LogP contribution in [0.15, 0.2) is 53.4 Å². The molecule has 0 fully saturated rings. The van der Waals surface area contributed by atoms with Crippen LogP contribution in [0.1, 0.15) is 19.4 Å². The van der Waals surface area contributed by atoms with Crippen LogP contribution in [0.25, 0.3) is 0 Å². The number of sulfonamides is 1. The number of carbonyl (C=O) groups is 1. The average Bonchev–Trinajstić information content (AvgIpc) is 2.77. The molecule has 0 saturated heterocycles. The number of nitrogens with zero attached hydrogens (tertiary/aromatic N) is 1. The predicted molar refractivity (Wildman–Crippen MR) is 116 cm³/mol.